The van der Waals surface area contributed by atoms with Crippen molar-refractivity contribution in [1.29, 1.82) is 0 Å². The fourth-order valence-corrected chi connectivity index (χ4v) is 0.495. The number of nitrogens with one attached hydrogen (secondary N) is 2. The number of hydrogen-bond acceptors (Lipinski definition) is 3. The SMILES string of the molecule is C#CCNC(=O)CNCC(=O)O. The molecule has 0 radical (unpaired) electrons. The molecule has 0 heterocycles. The minimum absolute atomic E-state index is 0.0338. The molecular weight excluding hydrogens is 160 g/mol. The molecule has 5 nitrogen and oxygen atoms in total. The number of rotatable bonds is 5. The minimum atomic E-state index is -1.00. The summed E-state index contributed by atoms with van der Waals surface area (Å²) in [5.41, 5.74) is 0. The van der Waals surface area contributed by atoms with Crippen LogP contribution in [0.25, 0.3) is 0 Å². The van der Waals surface area contributed by atoms with Gasteiger partial charge < -0.3 is 10.4 Å². The van der Waals surface area contributed by atoms with E-state index in [0.29, 0.717) is 0 Å². The van der Waals surface area contributed by atoms with E-state index in [1.807, 2.05) is 0 Å². The van der Waals surface area contributed by atoms with E-state index in [1.165, 1.54) is 0 Å². The highest BCUT2D eigenvalue weighted by molar-refractivity contribution is 5.79. The molecule has 0 aromatic rings. The molecule has 5 heteroatoms. The fourth-order valence-electron chi connectivity index (χ4n) is 0.495. The summed E-state index contributed by atoms with van der Waals surface area (Å²) in [5.74, 6) is 0.911. The third kappa shape index (κ3) is 6.58. The Morgan fingerprint density at radius 2 is 2.08 bits per heavy atom. The lowest BCUT2D eigenvalue weighted by atomic mass is 10.5. The molecule has 0 bridgehead atoms. The number of carbonyl (C=O) groups excluding carboxylic acids is 1. The Hall–Kier alpha value is -1.54. The molecule has 0 rings (SSSR count). The van der Waals surface area contributed by atoms with Crippen molar-refractivity contribution in [2.75, 3.05) is 19.6 Å². The molecule has 0 unspecified atom stereocenters. The monoisotopic (exact) mass is 170 g/mol. The summed E-state index contributed by atoms with van der Waals surface area (Å²) < 4.78 is 0. The maximum atomic E-state index is 10.7. The van der Waals surface area contributed by atoms with E-state index in [-0.39, 0.29) is 25.5 Å². The second-order valence-corrected chi connectivity index (χ2v) is 1.98. The summed E-state index contributed by atoms with van der Waals surface area (Å²) in [6, 6.07) is 0. The molecule has 0 fully saturated rings. The minimum Gasteiger partial charge on any atom is -0.480 e. The smallest absolute Gasteiger partial charge is 0.317 e. The first kappa shape index (κ1) is 10.5. The molecule has 0 aliphatic heterocycles. The van der Waals surface area contributed by atoms with Gasteiger partial charge in [-0.15, -0.1) is 6.42 Å². The summed E-state index contributed by atoms with van der Waals surface area (Å²) >= 11 is 0. The zero-order valence-electron chi connectivity index (χ0n) is 6.46. The third-order valence-electron chi connectivity index (χ3n) is 0.949. The second-order valence-electron chi connectivity index (χ2n) is 1.98. The Bertz CT molecular complexity index is 207. The Labute approximate surface area is 70.1 Å². The predicted molar refractivity (Wildman–Crippen MR) is 42.3 cm³/mol. The summed E-state index contributed by atoms with van der Waals surface area (Å²) in [6.07, 6.45) is 4.87. The van der Waals surface area contributed by atoms with Crippen molar-refractivity contribution >= 4 is 11.9 Å². The van der Waals surface area contributed by atoms with Crippen molar-refractivity contribution in [2.45, 2.75) is 0 Å². The maximum Gasteiger partial charge on any atom is 0.317 e. The zero-order chi connectivity index (χ0) is 9.40. The second kappa shape index (κ2) is 6.19. The summed E-state index contributed by atoms with van der Waals surface area (Å²) in [7, 11) is 0. The standard InChI is InChI=1S/C7H10N2O3/c1-2-3-9-6(10)4-8-5-7(11)12/h1,8H,3-5H2,(H,9,10)(H,11,12). The van der Waals surface area contributed by atoms with E-state index in [2.05, 4.69) is 16.6 Å². The number of carboxylic acid groups (broad SMARTS) is 1. The first-order chi connectivity index (χ1) is 5.66. The average Bonchev–Trinajstić information content (AvgIpc) is 2.00. The molecule has 0 atom stereocenters. The van der Waals surface area contributed by atoms with Crippen molar-refractivity contribution in [3.8, 4) is 12.3 Å². The largest absolute Gasteiger partial charge is 0.480 e. The lowest BCUT2D eigenvalue weighted by Crippen LogP contribution is -2.36. The van der Waals surface area contributed by atoms with Gasteiger partial charge in [0.05, 0.1) is 19.6 Å². The average molecular weight is 170 g/mol. The van der Waals surface area contributed by atoms with Crippen LogP contribution in [0.5, 0.6) is 0 Å². The van der Waals surface area contributed by atoms with E-state index in [1.54, 1.807) is 0 Å². The molecule has 12 heavy (non-hydrogen) atoms. The Kier molecular flexibility index (Phi) is 5.39. The van der Waals surface area contributed by atoms with Crippen LogP contribution in [0.3, 0.4) is 0 Å². The highest BCUT2D eigenvalue weighted by Gasteiger charge is 2.00. The first-order valence-corrected chi connectivity index (χ1v) is 3.29. The van der Waals surface area contributed by atoms with Gasteiger partial charge in [-0.3, -0.25) is 14.9 Å². The van der Waals surface area contributed by atoms with Crippen LogP contribution in [-0.2, 0) is 9.59 Å². The van der Waals surface area contributed by atoms with Gasteiger partial charge in [0.1, 0.15) is 0 Å². The van der Waals surface area contributed by atoms with Crippen LogP contribution in [0, 0.1) is 12.3 Å². The zero-order valence-corrected chi connectivity index (χ0v) is 6.46. The lowest BCUT2D eigenvalue weighted by molar-refractivity contribution is -0.136. The summed E-state index contributed by atoms with van der Waals surface area (Å²) in [5, 5.41) is 13.0. The van der Waals surface area contributed by atoms with E-state index < -0.39 is 5.97 Å². The number of carboxylic acids is 1. The van der Waals surface area contributed by atoms with E-state index >= 15 is 0 Å². The van der Waals surface area contributed by atoms with Gasteiger partial charge in [0, 0.05) is 0 Å². The van der Waals surface area contributed by atoms with Crippen LogP contribution < -0.4 is 10.6 Å². The molecule has 0 aromatic heterocycles. The molecule has 0 saturated carbocycles. The van der Waals surface area contributed by atoms with Gasteiger partial charge in [0.25, 0.3) is 0 Å². The number of hydrogen-bond donors (Lipinski definition) is 3. The van der Waals surface area contributed by atoms with Gasteiger partial charge in [0.2, 0.25) is 5.91 Å². The molecule has 66 valence electrons. The van der Waals surface area contributed by atoms with Gasteiger partial charge >= 0.3 is 5.97 Å². The van der Waals surface area contributed by atoms with Crippen molar-refractivity contribution in [3.63, 3.8) is 0 Å². The van der Waals surface area contributed by atoms with Crippen LogP contribution in [0.4, 0.5) is 0 Å². The van der Waals surface area contributed by atoms with Gasteiger partial charge in [-0.25, -0.2) is 0 Å². The predicted octanol–water partition coefficient (Wildman–Crippen LogP) is -1.59. The quantitative estimate of drug-likeness (QED) is 0.435. The van der Waals surface area contributed by atoms with E-state index in [4.69, 9.17) is 11.5 Å². The normalized spacial score (nSPS) is 8.58. The van der Waals surface area contributed by atoms with Gasteiger partial charge in [-0.2, -0.15) is 0 Å². The molecule has 0 saturated heterocycles. The molecule has 0 aliphatic rings. The number of amides is 1. The Morgan fingerprint density at radius 3 is 2.58 bits per heavy atom. The van der Waals surface area contributed by atoms with Crippen molar-refractivity contribution in [1.82, 2.24) is 10.6 Å². The Balaban J connectivity index is 3.33. The molecule has 3 N–H and O–H groups in total. The number of aliphatic carboxylic acids is 1. The molecular formula is C7H10N2O3. The molecule has 0 aromatic carbocycles. The highest BCUT2D eigenvalue weighted by atomic mass is 16.4. The van der Waals surface area contributed by atoms with Crippen molar-refractivity contribution in [3.05, 3.63) is 0 Å². The fraction of sp³-hybridized carbons (Fsp3) is 0.429. The Morgan fingerprint density at radius 1 is 1.42 bits per heavy atom. The molecule has 0 aliphatic carbocycles. The van der Waals surface area contributed by atoms with E-state index in [0.717, 1.165) is 0 Å². The van der Waals surface area contributed by atoms with Crippen LogP contribution in [-0.4, -0.2) is 36.6 Å². The van der Waals surface area contributed by atoms with Crippen LogP contribution in [0.15, 0.2) is 0 Å². The number of terminal acetylenes is 1. The lowest BCUT2D eigenvalue weighted by Gasteiger charge is -2.00. The van der Waals surface area contributed by atoms with Gasteiger partial charge in [0.15, 0.2) is 0 Å². The number of carbonyl (C=O) groups is 2. The van der Waals surface area contributed by atoms with Gasteiger partial charge in [-0.1, -0.05) is 5.92 Å². The third-order valence-corrected chi connectivity index (χ3v) is 0.949. The molecule has 0 spiro atoms. The van der Waals surface area contributed by atoms with E-state index in [9.17, 15) is 9.59 Å². The topological polar surface area (TPSA) is 78.4 Å². The molecule has 1 amide bonds. The van der Waals surface area contributed by atoms with Crippen LogP contribution in [0.2, 0.25) is 0 Å². The first-order valence-electron chi connectivity index (χ1n) is 3.29. The summed E-state index contributed by atoms with van der Waals surface area (Å²) in [4.78, 5) is 20.7. The van der Waals surface area contributed by atoms with Crippen molar-refractivity contribution < 1.29 is 14.7 Å². The highest BCUT2D eigenvalue weighted by Crippen LogP contribution is 1.64. The maximum absolute atomic E-state index is 10.7. The van der Waals surface area contributed by atoms with Crippen molar-refractivity contribution in [2.24, 2.45) is 0 Å². The van der Waals surface area contributed by atoms with Crippen LogP contribution >= 0.6 is 0 Å². The van der Waals surface area contributed by atoms with Gasteiger partial charge in [-0.05, 0) is 0 Å². The van der Waals surface area contributed by atoms with Crippen LogP contribution in [0.1, 0.15) is 0 Å². The summed E-state index contributed by atoms with van der Waals surface area (Å²) in [6.45, 7) is -0.106.